The quantitative estimate of drug-likeness (QED) is 0.865. The third kappa shape index (κ3) is 3.45. The second kappa shape index (κ2) is 5.45. The van der Waals surface area contributed by atoms with Gasteiger partial charge in [-0.2, -0.15) is 0 Å². The molecule has 0 radical (unpaired) electrons. The zero-order chi connectivity index (χ0) is 11.4. The van der Waals surface area contributed by atoms with Crippen LogP contribution in [0.1, 0.15) is 24.9 Å². The topological polar surface area (TPSA) is 35.2 Å². The van der Waals surface area contributed by atoms with E-state index < -0.39 is 0 Å². The highest BCUT2D eigenvalue weighted by Gasteiger charge is 2.14. The van der Waals surface area contributed by atoms with Gasteiger partial charge in [0.1, 0.15) is 5.82 Å². The molecule has 1 aromatic rings. The number of methoxy groups -OCH3 is 1. The van der Waals surface area contributed by atoms with Crippen molar-refractivity contribution >= 4 is 11.6 Å². The maximum atomic E-state index is 13.0. The van der Waals surface area contributed by atoms with Crippen molar-refractivity contribution in [2.45, 2.75) is 25.5 Å². The van der Waals surface area contributed by atoms with E-state index in [1.807, 2.05) is 6.92 Å². The van der Waals surface area contributed by atoms with Gasteiger partial charge < -0.3 is 10.5 Å². The van der Waals surface area contributed by atoms with Crippen molar-refractivity contribution in [3.8, 4) is 0 Å². The molecule has 1 rings (SSSR count). The van der Waals surface area contributed by atoms with Crippen LogP contribution < -0.4 is 5.73 Å². The molecule has 4 heteroatoms. The molecule has 0 fully saturated rings. The summed E-state index contributed by atoms with van der Waals surface area (Å²) >= 11 is 5.93. The van der Waals surface area contributed by atoms with Crippen LogP contribution >= 0.6 is 11.6 Å². The van der Waals surface area contributed by atoms with Gasteiger partial charge in [-0.1, -0.05) is 11.6 Å². The first-order chi connectivity index (χ1) is 7.04. The van der Waals surface area contributed by atoms with E-state index in [1.54, 1.807) is 7.11 Å². The van der Waals surface area contributed by atoms with Crippen LogP contribution in [-0.2, 0) is 4.74 Å². The van der Waals surface area contributed by atoms with Crippen LogP contribution in [0.5, 0.6) is 0 Å². The summed E-state index contributed by atoms with van der Waals surface area (Å²) in [6.07, 6.45) is 0.638. The summed E-state index contributed by atoms with van der Waals surface area (Å²) in [5.74, 6) is -0.324. The number of ether oxygens (including phenoxy) is 1. The maximum absolute atomic E-state index is 13.0. The van der Waals surface area contributed by atoms with Gasteiger partial charge in [-0.15, -0.1) is 0 Å². The smallest absolute Gasteiger partial charge is 0.123 e. The molecule has 2 atom stereocenters. The van der Waals surface area contributed by atoms with Crippen molar-refractivity contribution in [1.29, 1.82) is 0 Å². The van der Waals surface area contributed by atoms with E-state index in [9.17, 15) is 4.39 Å². The minimum Gasteiger partial charge on any atom is -0.382 e. The lowest BCUT2D eigenvalue weighted by Crippen LogP contribution is -2.18. The van der Waals surface area contributed by atoms with Gasteiger partial charge >= 0.3 is 0 Å². The molecular weight excluding hydrogens is 217 g/mol. The van der Waals surface area contributed by atoms with Crippen molar-refractivity contribution in [3.05, 3.63) is 34.6 Å². The van der Waals surface area contributed by atoms with Crippen molar-refractivity contribution in [1.82, 2.24) is 0 Å². The third-order valence-electron chi connectivity index (χ3n) is 2.35. The van der Waals surface area contributed by atoms with Gasteiger partial charge in [-0.05, 0) is 37.1 Å². The average Bonchev–Trinajstić information content (AvgIpc) is 2.21. The molecule has 0 aliphatic rings. The Bertz CT molecular complexity index is 332. The van der Waals surface area contributed by atoms with Gasteiger partial charge in [0, 0.05) is 18.2 Å². The summed E-state index contributed by atoms with van der Waals surface area (Å²) in [7, 11) is 1.62. The zero-order valence-corrected chi connectivity index (χ0v) is 9.59. The molecule has 0 saturated heterocycles. The first-order valence-electron chi connectivity index (χ1n) is 4.78. The van der Waals surface area contributed by atoms with Crippen molar-refractivity contribution in [2.75, 3.05) is 7.11 Å². The Kier molecular flexibility index (Phi) is 4.51. The molecule has 0 bridgehead atoms. The highest BCUT2D eigenvalue weighted by atomic mass is 35.5. The summed E-state index contributed by atoms with van der Waals surface area (Å²) in [5, 5.41) is 0.493. The van der Waals surface area contributed by atoms with E-state index in [0.717, 1.165) is 0 Å². The Morgan fingerprint density at radius 1 is 1.53 bits per heavy atom. The third-order valence-corrected chi connectivity index (χ3v) is 2.69. The summed E-state index contributed by atoms with van der Waals surface area (Å²) in [6.45, 7) is 1.91. The van der Waals surface area contributed by atoms with Crippen molar-refractivity contribution in [3.63, 3.8) is 0 Å². The SMILES string of the molecule is COC(C)CC(N)c1cc(F)ccc1Cl. The van der Waals surface area contributed by atoms with E-state index in [0.29, 0.717) is 17.0 Å². The number of hydrogen-bond acceptors (Lipinski definition) is 2. The zero-order valence-electron chi connectivity index (χ0n) is 8.84. The molecule has 0 aromatic heterocycles. The van der Waals surface area contributed by atoms with Crippen LogP contribution in [0.2, 0.25) is 5.02 Å². The number of halogens is 2. The highest BCUT2D eigenvalue weighted by Crippen LogP contribution is 2.25. The fraction of sp³-hybridized carbons (Fsp3) is 0.455. The van der Waals surface area contributed by atoms with Gasteiger partial charge in [0.25, 0.3) is 0 Å². The molecule has 15 heavy (non-hydrogen) atoms. The highest BCUT2D eigenvalue weighted by molar-refractivity contribution is 6.31. The normalized spacial score (nSPS) is 15.0. The molecule has 0 aliphatic carbocycles. The van der Waals surface area contributed by atoms with Crippen LogP contribution in [0.3, 0.4) is 0 Å². The van der Waals surface area contributed by atoms with Crippen molar-refractivity contribution < 1.29 is 9.13 Å². The Balaban J connectivity index is 2.80. The Labute approximate surface area is 94.2 Å². The summed E-state index contributed by atoms with van der Waals surface area (Å²) < 4.78 is 18.1. The van der Waals surface area contributed by atoms with E-state index in [-0.39, 0.29) is 18.0 Å². The van der Waals surface area contributed by atoms with E-state index in [4.69, 9.17) is 22.1 Å². The standard InChI is InChI=1S/C11H15ClFNO/c1-7(15-2)5-11(14)9-6-8(13)3-4-10(9)12/h3-4,6-7,11H,5,14H2,1-2H3. The lowest BCUT2D eigenvalue weighted by Gasteiger charge is -2.17. The molecule has 0 amide bonds. The molecule has 0 saturated carbocycles. The van der Waals surface area contributed by atoms with Gasteiger partial charge in [0.15, 0.2) is 0 Å². The molecule has 2 N–H and O–H groups in total. The average molecular weight is 232 g/mol. The first kappa shape index (κ1) is 12.4. The number of rotatable bonds is 4. The molecule has 0 aliphatic heterocycles. The maximum Gasteiger partial charge on any atom is 0.123 e. The fourth-order valence-corrected chi connectivity index (χ4v) is 1.64. The predicted octanol–water partition coefficient (Wildman–Crippen LogP) is 2.90. The van der Waals surface area contributed by atoms with Crippen LogP contribution in [0.25, 0.3) is 0 Å². The number of nitrogens with two attached hydrogens (primary N) is 1. The lowest BCUT2D eigenvalue weighted by atomic mass is 10.0. The lowest BCUT2D eigenvalue weighted by molar-refractivity contribution is 0.104. The predicted molar refractivity (Wildman–Crippen MR) is 59.4 cm³/mol. The minimum atomic E-state index is -0.324. The fourth-order valence-electron chi connectivity index (χ4n) is 1.38. The van der Waals surface area contributed by atoms with Crippen LogP contribution in [0, 0.1) is 5.82 Å². The van der Waals surface area contributed by atoms with Gasteiger partial charge in [-0.25, -0.2) is 4.39 Å². The monoisotopic (exact) mass is 231 g/mol. The van der Waals surface area contributed by atoms with E-state index >= 15 is 0 Å². The molecule has 84 valence electrons. The molecule has 1 aromatic carbocycles. The first-order valence-corrected chi connectivity index (χ1v) is 5.15. The van der Waals surface area contributed by atoms with Crippen molar-refractivity contribution in [2.24, 2.45) is 5.73 Å². The second-order valence-electron chi connectivity index (χ2n) is 3.55. The molecule has 2 unspecified atom stereocenters. The van der Waals surface area contributed by atoms with Gasteiger partial charge in [0.2, 0.25) is 0 Å². The Morgan fingerprint density at radius 3 is 2.80 bits per heavy atom. The van der Waals surface area contributed by atoms with Gasteiger partial charge in [0.05, 0.1) is 6.10 Å². The summed E-state index contributed by atoms with van der Waals surface area (Å²) in [5.41, 5.74) is 6.54. The molecular formula is C11H15ClFNO. The van der Waals surface area contributed by atoms with Gasteiger partial charge in [-0.3, -0.25) is 0 Å². The Hall–Kier alpha value is -0.640. The number of hydrogen-bond donors (Lipinski definition) is 1. The van der Waals surface area contributed by atoms with E-state index in [2.05, 4.69) is 0 Å². The number of benzene rings is 1. The molecule has 2 nitrogen and oxygen atoms in total. The minimum absolute atomic E-state index is 0.0272. The molecule has 0 heterocycles. The van der Waals surface area contributed by atoms with Crippen LogP contribution in [-0.4, -0.2) is 13.2 Å². The summed E-state index contributed by atoms with van der Waals surface area (Å²) in [6, 6.07) is 3.90. The largest absolute Gasteiger partial charge is 0.382 e. The van der Waals surface area contributed by atoms with Crippen LogP contribution in [0.15, 0.2) is 18.2 Å². The second-order valence-corrected chi connectivity index (χ2v) is 3.96. The molecule has 0 spiro atoms. The Morgan fingerprint density at radius 2 is 2.20 bits per heavy atom. The summed E-state index contributed by atoms with van der Waals surface area (Å²) in [4.78, 5) is 0. The van der Waals surface area contributed by atoms with Crippen LogP contribution in [0.4, 0.5) is 4.39 Å². The van der Waals surface area contributed by atoms with E-state index in [1.165, 1.54) is 18.2 Å².